The Morgan fingerprint density at radius 3 is 2.79 bits per heavy atom. The molecule has 0 unspecified atom stereocenters. The zero-order chi connectivity index (χ0) is 20.4. The number of rotatable bonds is 6. The molecule has 3 aromatic rings. The van der Waals surface area contributed by atoms with E-state index in [-0.39, 0.29) is 5.78 Å². The molecule has 0 radical (unpaired) electrons. The Balaban J connectivity index is 1.65. The quantitative estimate of drug-likeness (QED) is 0.313. The fraction of sp³-hybridized carbons (Fsp3) is 0.409. The van der Waals surface area contributed by atoms with Crippen molar-refractivity contribution in [1.82, 2.24) is 14.8 Å². The predicted octanol–water partition coefficient (Wildman–Crippen LogP) is 6.69. The van der Waals surface area contributed by atoms with Crippen LogP contribution in [0.4, 0.5) is 0 Å². The molecule has 1 fully saturated rings. The van der Waals surface area contributed by atoms with Gasteiger partial charge in [-0.25, -0.2) is 0 Å². The van der Waals surface area contributed by atoms with E-state index in [4.69, 9.17) is 11.6 Å². The summed E-state index contributed by atoms with van der Waals surface area (Å²) in [4.78, 5) is 13.3. The molecule has 0 bridgehead atoms. The second-order valence-corrected chi connectivity index (χ2v) is 10.3. The largest absolute Gasteiger partial charge is 0.299 e. The molecule has 2 aromatic heterocycles. The van der Waals surface area contributed by atoms with Crippen LogP contribution in [-0.2, 0) is 0 Å². The van der Waals surface area contributed by atoms with E-state index in [0.29, 0.717) is 26.9 Å². The lowest BCUT2D eigenvalue weighted by Gasteiger charge is -2.31. The van der Waals surface area contributed by atoms with Crippen LogP contribution in [0.1, 0.15) is 53.9 Å². The van der Waals surface area contributed by atoms with Crippen LogP contribution in [0.3, 0.4) is 0 Å². The normalized spacial score (nSPS) is 19.4. The van der Waals surface area contributed by atoms with E-state index < -0.39 is 0 Å². The number of hydrogen-bond acceptors (Lipinski definition) is 5. The van der Waals surface area contributed by atoms with Crippen LogP contribution < -0.4 is 0 Å². The summed E-state index contributed by atoms with van der Waals surface area (Å²) >= 11 is 8.79. The minimum Gasteiger partial charge on any atom is -0.299 e. The zero-order valence-electron chi connectivity index (χ0n) is 16.6. The number of Topliss-reactive ketones (excluding diaryl/α,β-unsaturated/α-hetero) is 1. The summed E-state index contributed by atoms with van der Waals surface area (Å²) in [5.41, 5.74) is 2.28. The molecule has 0 amide bonds. The van der Waals surface area contributed by atoms with Gasteiger partial charge >= 0.3 is 0 Å². The Labute approximate surface area is 184 Å². The van der Waals surface area contributed by atoms with Crippen molar-refractivity contribution in [2.75, 3.05) is 5.75 Å². The van der Waals surface area contributed by atoms with Gasteiger partial charge in [-0.15, -0.1) is 21.5 Å². The number of benzene rings is 1. The van der Waals surface area contributed by atoms with Crippen molar-refractivity contribution in [3.63, 3.8) is 0 Å². The highest BCUT2D eigenvalue weighted by Gasteiger charge is 2.29. The summed E-state index contributed by atoms with van der Waals surface area (Å²) in [6.07, 6.45) is 4.84. The Bertz CT molecular complexity index is 1010. The molecule has 1 aliphatic carbocycles. The molecule has 152 valence electrons. The lowest BCUT2D eigenvalue weighted by molar-refractivity contribution is 0.102. The maximum absolute atomic E-state index is 12.6. The number of carbonyl (C=O) groups is 1. The van der Waals surface area contributed by atoms with Gasteiger partial charge in [0, 0.05) is 11.6 Å². The number of hydrogen-bond donors (Lipinski definition) is 0. The number of aromatic nitrogens is 3. The molecule has 4 rings (SSSR count). The van der Waals surface area contributed by atoms with Crippen LogP contribution in [-0.4, -0.2) is 26.3 Å². The standard InChI is InChI=1S/C22H24ClN3OS2/c1-14-6-5-8-16(12-14)21-24-25-22(26(21)17-9-4-3-7-15(17)2)28-13-18(27)19-10-11-20(23)29-19/h5-6,8,10-12,15,17H,3-4,7,9,13H2,1-2H3/t15-,17-/m1/s1. The molecule has 29 heavy (non-hydrogen) atoms. The Morgan fingerprint density at radius 2 is 2.07 bits per heavy atom. The van der Waals surface area contributed by atoms with Crippen molar-refractivity contribution < 1.29 is 4.79 Å². The summed E-state index contributed by atoms with van der Waals surface area (Å²) in [7, 11) is 0. The second-order valence-electron chi connectivity index (χ2n) is 7.69. The number of thioether (sulfide) groups is 1. The highest BCUT2D eigenvalue weighted by molar-refractivity contribution is 7.99. The summed E-state index contributed by atoms with van der Waals surface area (Å²) in [6, 6.07) is 12.3. The highest BCUT2D eigenvalue weighted by Crippen LogP contribution is 2.39. The lowest BCUT2D eigenvalue weighted by Crippen LogP contribution is -2.22. The van der Waals surface area contributed by atoms with Crippen LogP contribution in [0.25, 0.3) is 11.4 Å². The van der Waals surface area contributed by atoms with Gasteiger partial charge in [0.1, 0.15) is 0 Å². The third-order valence-electron chi connectivity index (χ3n) is 5.52. The van der Waals surface area contributed by atoms with Gasteiger partial charge in [0.15, 0.2) is 16.8 Å². The molecular formula is C22H24ClN3OS2. The van der Waals surface area contributed by atoms with Crippen LogP contribution in [0.5, 0.6) is 0 Å². The molecule has 0 N–H and O–H groups in total. The number of ketones is 1. The SMILES string of the molecule is Cc1cccc(-c2nnc(SCC(=O)c3ccc(Cl)s3)n2[C@@H]2CCCC[C@H]2C)c1. The van der Waals surface area contributed by atoms with Crippen molar-refractivity contribution >= 4 is 40.5 Å². The Hall–Kier alpha value is -1.63. The van der Waals surface area contributed by atoms with Crippen molar-refractivity contribution in [3.8, 4) is 11.4 Å². The summed E-state index contributed by atoms with van der Waals surface area (Å²) in [5.74, 6) is 1.88. The number of nitrogens with zero attached hydrogens (tertiary/aromatic N) is 3. The van der Waals surface area contributed by atoms with Gasteiger partial charge in [-0.3, -0.25) is 9.36 Å². The molecule has 0 saturated heterocycles. The number of halogens is 1. The topological polar surface area (TPSA) is 47.8 Å². The molecular weight excluding hydrogens is 422 g/mol. The zero-order valence-corrected chi connectivity index (χ0v) is 19.0. The Kier molecular flexibility index (Phi) is 6.42. The maximum atomic E-state index is 12.6. The minimum absolute atomic E-state index is 0.0789. The molecule has 0 aliphatic heterocycles. The lowest BCUT2D eigenvalue weighted by atomic mass is 9.85. The monoisotopic (exact) mass is 445 g/mol. The first-order valence-electron chi connectivity index (χ1n) is 9.96. The van der Waals surface area contributed by atoms with E-state index in [1.54, 1.807) is 12.1 Å². The van der Waals surface area contributed by atoms with Gasteiger partial charge in [-0.1, -0.05) is 66.9 Å². The first kappa shape index (κ1) is 20.6. The molecule has 0 spiro atoms. The summed E-state index contributed by atoms with van der Waals surface area (Å²) < 4.78 is 2.93. The van der Waals surface area contributed by atoms with Crippen LogP contribution in [0, 0.1) is 12.8 Å². The summed E-state index contributed by atoms with van der Waals surface area (Å²) in [5, 5.41) is 9.89. The molecule has 4 nitrogen and oxygen atoms in total. The predicted molar refractivity (Wildman–Crippen MR) is 121 cm³/mol. The van der Waals surface area contributed by atoms with Gasteiger partial charge in [-0.05, 0) is 43.9 Å². The fourth-order valence-electron chi connectivity index (χ4n) is 4.00. The van der Waals surface area contributed by atoms with Gasteiger partial charge in [0.2, 0.25) is 0 Å². The average Bonchev–Trinajstić information content (AvgIpc) is 3.33. The number of aryl methyl sites for hydroxylation is 1. The molecule has 7 heteroatoms. The van der Waals surface area contributed by atoms with Gasteiger partial charge in [0.05, 0.1) is 15.0 Å². The van der Waals surface area contributed by atoms with Crippen molar-refractivity contribution in [2.45, 2.75) is 50.7 Å². The molecule has 2 atom stereocenters. The maximum Gasteiger partial charge on any atom is 0.192 e. The summed E-state index contributed by atoms with van der Waals surface area (Å²) in [6.45, 7) is 4.41. The Morgan fingerprint density at radius 1 is 1.24 bits per heavy atom. The van der Waals surface area contributed by atoms with Crippen molar-refractivity contribution in [3.05, 3.63) is 51.2 Å². The third-order valence-corrected chi connectivity index (χ3v) is 7.73. The van der Waals surface area contributed by atoms with E-state index in [0.717, 1.165) is 23.0 Å². The molecule has 1 aromatic carbocycles. The van der Waals surface area contributed by atoms with Crippen molar-refractivity contribution in [2.24, 2.45) is 5.92 Å². The van der Waals surface area contributed by atoms with E-state index >= 15 is 0 Å². The van der Waals surface area contributed by atoms with Gasteiger partial charge in [-0.2, -0.15) is 0 Å². The van der Waals surface area contributed by atoms with E-state index in [1.807, 2.05) is 0 Å². The molecule has 2 heterocycles. The van der Waals surface area contributed by atoms with E-state index in [2.05, 4.69) is 52.9 Å². The van der Waals surface area contributed by atoms with E-state index in [9.17, 15) is 4.79 Å². The first-order chi connectivity index (χ1) is 14.0. The van der Waals surface area contributed by atoms with Crippen LogP contribution >= 0.6 is 34.7 Å². The van der Waals surface area contributed by atoms with E-state index in [1.165, 1.54) is 47.9 Å². The van der Waals surface area contributed by atoms with Crippen LogP contribution in [0.2, 0.25) is 4.34 Å². The third kappa shape index (κ3) is 4.60. The second kappa shape index (κ2) is 9.02. The molecule has 1 saturated carbocycles. The highest BCUT2D eigenvalue weighted by atomic mass is 35.5. The number of carbonyl (C=O) groups excluding carboxylic acids is 1. The van der Waals surface area contributed by atoms with Crippen LogP contribution in [0.15, 0.2) is 41.6 Å². The first-order valence-corrected chi connectivity index (χ1v) is 12.1. The van der Waals surface area contributed by atoms with Crippen molar-refractivity contribution in [1.29, 1.82) is 0 Å². The number of thiophene rings is 1. The minimum atomic E-state index is 0.0789. The molecule has 1 aliphatic rings. The average molecular weight is 446 g/mol. The van der Waals surface area contributed by atoms with Gasteiger partial charge < -0.3 is 0 Å². The smallest absolute Gasteiger partial charge is 0.192 e. The van der Waals surface area contributed by atoms with Gasteiger partial charge in [0.25, 0.3) is 0 Å². The fourth-order valence-corrected chi connectivity index (χ4v) is 5.95.